The number of carboxylic acids is 3. The third-order valence-electron chi connectivity index (χ3n) is 2.84. The van der Waals surface area contributed by atoms with E-state index in [-0.39, 0.29) is 39.5 Å². The average Bonchev–Trinajstić information content (AvgIpc) is 2.43. The molecule has 0 aliphatic heterocycles. The summed E-state index contributed by atoms with van der Waals surface area (Å²) >= 11 is -0.168. The zero-order valence-electron chi connectivity index (χ0n) is 12.3. The van der Waals surface area contributed by atoms with Gasteiger partial charge in [-0.15, -0.1) is 0 Å². The van der Waals surface area contributed by atoms with E-state index in [1.54, 1.807) is 0 Å². The molecule has 10 nitrogen and oxygen atoms in total. The van der Waals surface area contributed by atoms with Gasteiger partial charge in [-0.3, -0.25) is 0 Å². The molecule has 0 saturated carbocycles. The van der Waals surface area contributed by atoms with Crippen molar-refractivity contribution in [2.45, 2.75) is 48.0 Å². The van der Waals surface area contributed by atoms with Crippen LogP contribution in [0.1, 0.15) is 19.3 Å². The minimum absolute atomic E-state index is 0.108. The van der Waals surface area contributed by atoms with E-state index in [0.717, 1.165) is 0 Å². The third-order valence-corrected chi connectivity index (χ3v) is 5.19. The van der Waals surface area contributed by atoms with Gasteiger partial charge in [0.25, 0.3) is 0 Å². The molecule has 23 heavy (non-hydrogen) atoms. The van der Waals surface area contributed by atoms with E-state index in [2.05, 4.69) is 5.32 Å². The van der Waals surface area contributed by atoms with Crippen LogP contribution < -0.4 is 16.8 Å². The number of nitrogens with two attached hydrogens (primary N) is 2. The van der Waals surface area contributed by atoms with Crippen molar-refractivity contribution in [3.8, 4) is 0 Å². The summed E-state index contributed by atoms with van der Waals surface area (Å²) in [7, 11) is 0. The van der Waals surface area contributed by atoms with Crippen LogP contribution in [0.5, 0.6) is 0 Å². The van der Waals surface area contributed by atoms with Crippen molar-refractivity contribution in [1.82, 2.24) is 5.32 Å². The Balaban J connectivity index is 4.42. The molecule has 0 rings (SSSR count). The number of rotatable bonds is 13. The quantitative estimate of drug-likeness (QED) is 0.152. The predicted molar refractivity (Wildman–Crippen MR) is 80.0 cm³/mol. The van der Waals surface area contributed by atoms with E-state index in [0.29, 0.717) is 5.32 Å². The van der Waals surface area contributed by atoms with Gasteiger partial charge in [-0.1, -0.05) is 0 Å². The number of primary amides is 1. The second-order valence-corrected chi connectivity index (χ2v) is 7.17. The van der Waals surface area contributed by atoms with Gasteiger partial charge in [0.2, 0.25) is 0 Å². The van der Waals surface area contributed by atoms with Gasteiger partial charge in [-0.05, 0) is 0 Å². The first-order chi connectivity index (χ1) is 10.6. The van der Waals surface area contributed by atoms with Crippen molar-refractivity contribution in [3.05, 3.63) is 0 Å². The van der Waals surface area contributed by atoms with Gasteiger partial charge in [-0.25, -0.2) is 0 Å². The molecule has 0 heterocycles. The molecule has 0 spiro atoms. The summed E-state index contributed by atoms with van der Waals surface area (Å²) in [4.78, 5) is 43.5. The number of carboxylic acid groups (broad SMARTS) is 3. The van der Waals surface area contributed by atoms with Gasteiger partial charge in [-0.2, -0.15) is 0 Å². The summed E-state index contributed by atoms with van der Waals surface area (Å²) in [5.74, 6) is -4.27. The first kappa shape index (κ1) is 21.3. The standard InChI is InChI=1S/C12H21N3O7Se/c13-6(10(17)18)5-23-4-3-8(12(21)22)15-7(11(19)20)1-2-9(14)16/h6-8,15H,1-5,13H2,(H2,14,16)(H,17,18)(H,19,20)(H,21,22)/t6?,7-,8?/m0/s1. The zero-order chi connectivity index (χ0) is 18.0. The number of nitrogens with one attached hydrogen (secondary N) is 1. The molecule has 0 bridgehead atoms. The van der Waals surface area contributed by atoms with Crippen LogP contribution in [-0.4, -0.2) is 72.2 Å². The van der Waals surface area contributed by atoms with Crippen molar-refractivity contribution in [2.75, 3.05) is 0 Å². The molecule has 0 aliphatic rings. The summed E-state index contributed by atoms with van der Waals surface area (Å²) in [6, 6.07) is -3.28. The average molecular weight is 398 g/mol. The van der Waals surface area contributed by atoms with Crippen LogP contribution in [-0.2, 0) is 19.2 Å². The van der Waals surface area contributed by atoms with Gasteiger partial charge in [0.1, 0.15) is 0 Å². The van der Waals surface area contributed by atoms with E-state index in [9.17, 15) is 19.2 Å². The molecular formula is C12H21N3O7Se. The van der Waals surface area contributed by atoms with Crippen molar-refractivity contribution in [3.63, 3.8) is 0 Å². The molecule has 2 unspecified atom stereocenters. The van der Waals surface area contributed by atoms with Crippen LogP contribution >= 0.6 is 0 Å². The zero-order valence-corrected chi connectivity index (χ0v) is 14.0. The van der Waals surface area contributed by atoms with E-state index >= 15 is 0 Å². The summed E-state index contributed by atoms with van der Waals surface area (Å²) in [5.41, 5.74) is 10.3. The molecule has 132 valence electrons. The van der Waals surface area contributed by atoms with E-state index in [1.807, 2.05) is 0 Å². The Labute approximate surface area is 138 Å². The molecule has 0 aromatic carbocycles. The van der Waals surface area contributed by atoms with Gasteiger partial charge in [0.15, 0.2) is 0 Å². The molecular weight excluding hydrogens is 377 g/mol. The Morgan fingerprint density at radius 2 is 1.48 bits per heavy atom. The number of amides is 1. The second-order valence-electron chi connectivity index (χ2n) is 4.76. The minimum atomic E-state index is -1.27. The summed E-state index contributed by atoms with van der Waals surface area (Å²) in [6.07, 6.45) is -0.140. The number of aliphatic carboxylic acids is 3. The number of carbonyl (C=O) groups excluding carboxylic acids is 1. The Hall–Kier alpha value is -1.68. The number of hydrogen-bond donors (Lipinski definition) is 6. The molecule has 3 atom stereocenters. The van der Waals surface area contributed by atoms with Crippen LogP contribution in [0.25, 0.3) is 0 Å². The monoisotopic (exact) mass is 399 g/mol. The summed E-state index contributed by atoms with van der Waals surface area (Å²) < 4.78 is 0. The SMILES string of the molecule is NC(=O)CC[C@H](NC(CC[Se]CC(N)C(=O)O)C(=O)O)C(=O)O. The van der Waals surface area contributed by atoms with Gasteiger partial charge in [0.05, 0.1) is 0 Å². The van der Waals surface area contributed by atoms with Gasteiger partial charge >= 0.3 is 138 Å². The van der Waals surface area contributed by atoms with E-state index in [1.165, 1.54) is 0 Å². The second kappa shape index (κ2) is 10.9. The number of hydrogen-bond acceptors (Lipinski definition) is 6. The van der Waals surface area contributed by atoms with Crippen LogP contribution in [0.3, 0.4) is 0 Å². The Morgan fingerprint density at radius 3 is 1.91 bits per heavy atom. The van der Waals surface area contributed by atoms with Crippen LogP contribution in [0.15, 0.2) is 0 Å². The molecule has 0 aromatic heterocycles. The van der Waals surface area contributed by atoms with Gasteiger partial charge < -0.3 is 0 Å². The fourth-order valence-electron chi connectivity index (χ4n) is 1.57. The van der Waals surface area contributed by atoms with Crippen LogP contribution in [0, 0.1) is 0 Å². The molecule has 0 fully saturated rings. The predicted octanol–water partition coefficient (Wildman–Crippen LogP) is -1.91. The molecule has 0 radical (unpaired) electrons. The first-order valence-corrected chi connectivity index (χ1v) is 9.13. The van der Waals surface area contributed by atoms with Crippen molar-refractivity contribution >= 4 is 38.8 Å². The molecule has 0 aromatic rings. The molecule has 8 N–H and O–H groups in total. The van der Waals surface area contributed by atoms with Crippen molar-refractivity contribution in [1.29, 1.82) is 0 Å². The normalized spacial score (nSPS) is 14.7. The first-order valence-electron chi connectivity index (χ1n) is 6.71. The van der Waals surface area contributed by atoms with Crippen LogP contribution in [0.2, 0.25) is 10.6 Å². The fourth-order valence-corrected chi connectivity index (χ4v) is 3.59. The van der Waals surface area contributed by atoms with Gasteiger partial charge in [0, 0.05) is 0 Å². The maximum absolute atomic E-state index is 11.2. The maximum atomic E-state index is 11.2. The summed E-state index contributed by atoms with van der Waals surface area (Å²) in [5, 5.41) is 30.0. The number of carbonyl (C=O) groups is 4. The van der Waals surface area contributed by atoms with Crippen LogP contribution in [0.4, 0.5) is 0 Å². The van der Waals surface area contributed by atoms with E-state index < -0.39 is 41.9 Å². The third kappa shape index (κ3) is 9.84. The molecule has 11 heteroatoms. The van der Waals surface area contributed by atoms with Crippen molar-refractivity contribution < 1.29 is 34.5 Å². The Morgan fingerprint density at radius 1 is 0.957 bits per heavy atom. The summed E-state index contributed by atoms with van der Waals surface area (Å²) in [6.45, 7) is 0. The van der Waals surface area contributed by atoms with Crippen molar-refractivity contribution in [2.24, 2.45) is 11.5 Å². The fraction of sp³-hybridized carbons (Fsp3) is 0.667. The molecule has 0 aliphatic carbocycles. The van der Waals surface area contributed by atoms with E-state index in [4.69, 9.17) is 26.8 Å². The Kier molecular flexibility index (Phi) is 10.1. The topological polar surface area (TPSA) is 193 Å². The molecule has 1 amide bonds. The molecule has 0 saturated heterocycles. The Bertz CT molecular complexity index is 446.